The molecule has 0 bridgehead atoms. The lowest BCUT2D eigenvalue weighted by Gasteiger charge is -1.99. The van der Waals surface area contributed by atoms with E-state index >= 15 is 0 Å². The van der Waals surface area contributed by atoms with E-state index in [4.69, 9.17) is 25.3 Å². The van der Waals surface area contributed by atoms with Crippen molar-refractivity contribution in [1.29, 1.82) is 0 Å². The van der Waals surface area contributed by atoms with Gasteiger partial charge in [-0.3, -0.25) is 0 Å². The summed E-state index contributed by atoms with van der Waals surface area (Å²) in [5, 5.41) is 6.81. The van der Waals surface area contributed by atoms with Gasteiger partial charge in [0.05, 0.1) is 6.26 Å². The predicted molar refractivity (Wildman–Crippen MR) is 95.9 cm³/mol. The monoisotopic (exact) mass is 386 g/mol. The Balaban J connectivity index is 1.41. The van der Waals surface area contributed by atoms with Crippen molar-refractivity contribution in [3.8, 4) is 22.1 Å². The summed E-state index contributed by atoms with van der Waals surface area (Å²) >= 11 is 7.33. The van der Waals surface area contributed by atoms with E-state index in [0.29, 0.717) is 27.2 Å². The van der Waals surface area contributed by atoms with Gasteiger partial charge in [-0.05, 0) is 24.3 Å². The first kappa shape index (κ1) is 16.6. The third kappa shape index (κ3) is 3.54. The van der Waals surface area contributed by atoms with Gasteiger partial charge in [-0.25, -0.2) is 9.78 Å². The Bertz CT molecular complexity index is 1040. The van der Waals surface area contributed by atoms with Crippen LogP contribution in [0.5, 0.6) is 0 Å². The molecule has 0 aliphatic rings. The van der Waals surface area contributed by atoms with E-state index in [1.807, 2.05) is 12.1 Å². The maximum Gasteiger partial charge on any atom is 0.358 e. The Morgan fingerprint density at radius 3 is 2.92 bits per heavy atom. The van der Waals surface area contributed by atoms with E-state index in [1.54, 1.807) is 35.7 Å². The minimum Gasteiger partial charge on any atom is -0.461 e. The smallest absolute Gasteiger partial charge is 0.358 e. The van der Waals surface area contributed by atoms with Crippen LogP contribution in [0.1, 0.15) is 16.2 Å². The van der Waals surface area contributed by atoms with Crippen LogP contribution < -0.4 is 0 Å². The molecule has 0 unspecified atom stereocenters. The van der Waals surface area contributed by atoms with Crippen LogP contribution in [-0.4, -0.2) is 16.1 Å². The number of rotatable bonds is 5. The first-order valence-corrected chi connectivity index (χ1v) is 8.83. The van der Waals surface area contributed by atoms with Gasteiger partial charge in [0.25, 0.3) is 0 Å². The number of thiazole rings is 1. The van der Waals surface area contributed by atoms with Crippen LogP contribution in [-0.2, 0) is 11.3 Å². The number of aromatic nitrogens is 2. The van der Waals surface area contributed by atoms with E-state index in [2.05, 4.69) is 10.1 Å². The minimum atomic E-state index is -0.530. The van der Waals surface area contributed by atoms with Gasteiger partial charge in [-0.15, -0.1) is 11.3 Å². The molecule has 0 N–H and O–H groups in total. The van der Waals surface area contributed by atoms with Gasteiger partial charge in [-0.2, -0.15) is 0 Å². The summed E-state index contributed by atoms with van der Waals surface area (Å²) < 4.78 is 15.6. The molecule has 0 fully saturated rings. The second-order valence-electron chi connectivity index (χ2n) is 5.28. The molecule has 6 nitrogen and oxygen atoms in total. The molecule has 0 atom stereocenters. The predicted octanol–water partition coefficient (Wildman–Crippen LogP) is 5.07. The number of nitrogens with zero attached hydrogens (tertiary/aromatic N) is 2. The van der Waals surface area contributed by atoms with Gasteiger partial charge in [0.2, 0.25) is 5.76 Å². The maximum absolute atomic E-state index is 12.2. The third-order valence-electron chi connectivity index (χ3n) is 3.46. The SMILES string of the molecule is O=C(OCc1cc(-c2ccco2)on1)c1csc(-c2cccc(Cl)c2)n1. The fraction of sp³-hybridized carbons (Fsp3) is 0.0556. The molecule has 3 heterocycles. The zero-order chi connectivity index (χ0) is 17.9. The zero-order valence-electron chi connectivity index (χ0n) is 13.2. The van der Waals surface area contributed by atoms with Crippen LogP contribution in [0.3, 0.4) is 0 Å². The Morgan fingerprint density at radius 1 is 1.19 bits per heavy atom. The highest BCUT2D eigenvalue weighted by Gasteiger charge is 2.15. The fourth-order valence-corrected chi connectivity index (χ4v) is 3.23. The van der Waals surface area contributed by atoms with Crippen LogP contribution in [0.2, 0.25) is 5.02 Å². The number of hydrogen-bond donors (Lipinski definition) is 0. The summed E-state index contributed by atoms with van der Waals surface area (Å²) in [6.07, 6.45) is 1.54. The van der Waals surface area contributed by atoms with Crippen molar-refractivity contribution in [1.82, 2.24) is 10.1 Å². The Hall–Kier alpha value is -2.90. The standard InChI is InChI=1S/C18H11ClN2O4S/c19-12-4-1-3-11(7-12)17-20-14(10-26-17)18(22)24-9-13-8-16(25-21-13)15-5-2-6-23-15/h1-8,10H,9H2. The Morgan fingerprint density at radius 2 is 2.12 bits per heavy atom. The highest BCUT2D eigenvalue weighted by molar-refractivity contribution is 7.13. The molecule has 0 saturated heterocycles. The van der Waals surface area contributed by atoms with E-state index in [1.165, 1.54) is 17.6 Å². The fourth-order valence-electron chi connectivity index (χ4n) is 2.25. The van der Waals surface area contributed by atoms with E-state index in [0.717, 1.165) is 5.56 Å². The molecule has 0 aliphatic heterocycles. The van der Waals surface area contributed by atoms with Crippen LogP contribution >= 0.6 is 22.9 Å². The molecule has 0 saturated carbocycles. The normalized spacial score (nSPS) is 10.8. The molecule has 8 heteroatoms. The summed E-state index contributed by atoms with van der Waals surface area (Å²) in [5.41, 5.74) is 1.57. The van der Waals surface area contributed by atoms with Crippen molar-refractivity contribution in [2.45, 2.75) is 6.61 Å². The molecule has 0 aliphatic carbocycles. The van der Waals surface area contributed by atoms with E-state index < -0.39 is 5.97 Å². The largest absolute Gasteiger partial charge is 0.461 e. The molecule has 0 radical (unpaired) electrons. The molecule has 4 aromatic rings. The summed E-state index contributed by atoms with van der Waals surface area (Å²) in [6, 6.07) is 12.4. The summed E-state index contributed by atoms with van der Waals surface area (Å²) in [5.74, 6) is 0.496. The van der Waals surface area contributed by atoms with E-state index in [9.17, 15) is 4.79 Å². The van der Waals surface area contributed by atoms with Gasteiger partial charge < -0.3 is 13.7 Å². The average molecular weight is 387 g/mol. The van der Waals surface area contributed by atoms with Gasteiger partial charge in [-0.1, -0.05) is 28.9 Å². The Kier molecular flexibility index (Phi) is 4.55. The second-order valence-corrected chi connectivity index (χ2v) is 6.58. The van der Waals surface area contributed by atoms with Gasteiger partial charge in [0.1, 0.15) is 17.3 Å². The lowest BCUT2D eigenvalue weighted by molar-refractivity contribution is 0.0458. The van der Waals surface area contributed by atoms with Crippen molar-refractivity contribution < 1.29 is 18.5 Å². The topological polar surface area (TPSA) is 78.4 Å². The van der Waals surface area contributed by atoms with E-state index in [-0.39, 0.29) is 12.3 Å². The summed E-state index contributed by atoms with van der Waals surface area (Å²) in [4.78, 5) is 16.5. The molecule has 3 aromatic heterocycles. The summed E-state index contributed by atoms with van der Waals surface area (Å²) in [7, 11) is 0. The molecule has 0 amide bonds. The number of esters is 1. The van der Waals surface area contributed by atoms with Gasteiger partial charge in [0.15, 0.2) is 11.5 Å². The van der Waals surface area contributed by atoms with Crippen molar-refractivity contribution in [3.63, 3.8) is 0 Å². The summed E-state index contributed by atoms with van der Waals surface area (Å²) in [6.45, 7) is -0.0208. The van der Waals surface area contributed by atoms with Crippen molar-refractivity contribution in [2.75, 3.05) is 0 Å². The molecule has 26 heavy (non-hydrogen) atoms. The van der Waals surface area contributed by atoms with Gasteiger partial charge >= 0.3 is 5.97 Å². The highest BCUT2D eigenvalue weighted by Crippen LogP contribution is 2.26. The molecule has 130 valence electrons. The number of carbonyl (C=O) groups is 1. The van der Waals surface area contributed by atoms with Crippen LogP contribution in [0.15, 0.2) is 63.0 Å². The molecular weight excluding hydrogens is 376 g/mol. The average Bonchev–Trinajstić information content (AvgIpc) is 3.40. The van der Waals surface area contributed by atoms with Crippen LogP contribution in [0, 0.1) is 0 Å². The minimum absolute atomic E-state index is 0.0208. The molecular formula is C18H11ClN2O4S. The highest BCUT2D eigenvalue weighted by atomic mass is 35.5. The number of benzene rings is 1. The lowest BCUT2D eigenvalue weighted by Crippen LogP contribution is -2.05. The lowest BCUT2D eigenvalue weighted by atomic mass is 10.2. The third-order valence-corrected chi connectivity index (χ3v) is 4.59. The van der Waals surface area contributed by atoms with Gasteiger partial charge in [0, 0.05) is 22.0 Å². The number of hydrogen-bond acceptors (Lipinski definition) is 7. The Labute approximate surface area is 157 Å². The number of ether oxygens (including phenoxy) is 1. The second kappa shape index (κ2) is 7.15. The first-order chi connectivity index (χ1) is 12.7. The number of carbonyl (C=O) groups excluding carboxylic acids is 1. The van der Waals surface area contributed by atoms with Crippen molar-refractivity contribution in [3.05, 3.63) is 70.5 Å². The molecule has 0 spiro atoms. The zero-order valence-corrected chi connectivity index (χ0v) is 14.8. The quantitative estimate of drug-likeness (QED) is 0.445. The van der Waals surface area contributed by atoms with Crippen LogP contribution in [0.25, 0.3) is 22.1 Å². The number of furan rings is 1. The number of halogens is 1. The molecule has 4 rings (SSSR count). The van der Waals surface area contributed by atoms with Crippen molar-refractivity contribution in [2.24, 2.45) is 0 Å². The van der Waals surface area contributed by atoms with Crippen LogP contribution in [0.4, 0.5) is 0 Å². The molecule has 1 aromatic carbocycles. The maximum atomic E-state index is 12.2. The van der Waals surface area contributed by atoms with Crippen molar-refractivity contribution >= 4 is 28.9 Å². The first-order valence-electron chi connectivity index (χ1n) is 7.57.